The predicted molar refractivity (Wildman–Crippen MR) is 59.6 cm³/mol. The molecule has 4 heteroatoms. The molecule has 15 heavy (non-hydrogen) atoms. The lowest BCUT2D eigenvalue weighted by Gasteiger charge is -2.04. The first kappa shape index (κ1) is 10.1. The van der Waals surface area contributed by atoms with Gasteiger partial charge >= 0.3 is 0 Å². The van der Waals surface area contributed by atoms with E-state index in [2.05, 4.69) is 4.98 Å². The minimum atomic E-state index is -3.21. The molecular weight excluding hydrogens is 210 g/mol. The minimum Gasteiger partial charge on any atom is -0.252 e. The van der Waals surface area contributed by atoms with Crippen LogP contribution in [0.2, 0.25) is 0 Å². The largest absolute Gasteiger partial charge is 0.252 e. The second-order valence-corrected chi connectivity index (χ2v) is 5.54. The van der Waals surface area contributed by atoms with E-state index in [0.717, 1.165) is 11.1 Å². The van der Waals surface area contributed by atoms with Crippen molar-refractivity contribution in [3.05, 3.63) is 36.0 Å². The lowest BCUT2D eigenvalue weighted by atomic mass is 10.2. The molecule has 1 aromatic heterocycles. The highest BCUT2D eigenvalue weighted by atomic mass is 32.2. The van der Waals surface area contributed by atoms with Gasteiger partial charge in [0.15, 0.2) is 9.84 Å². The monoisotopic (exact) mass is 221 g/mol. The molecule has 2 aromatic rings. The van der Waals surface area contributed by atoms with Crippen LogP contribution in [0, 0.1) is 6.92 Å². The van der Waals surface area contributed by atoms with Crippen LogP contribution in [0.15, 0.2) is 35.2 Å². The van der Waals surface area contributed by atoms with E-state index in [1.54, 1.807) is 12.1 Å². The van der Waals surface area contributed by atoms with Crippen molar-refractivity contribution >= 4 is 20.7 Å². The molecule has 0 spiro atoms. The molecule has 0 bridgehead atoms. The van der Waals surface area contributed by atoms with E-state index in [1.807, 2.05) is 25.1 Å². The number of rotatable bonds is 1. The van der Waals surface area contributed by atoms with Crippen molar-refractivity contribution in [1.82, 2.24) is 4.98 Å². The number of aromatic nitrogens is 1. The topological polar surface area (TPSA) is 47.0 Å². The number of nitrogens with zero attached hydrogens (tertiary/aromatic N) is 1. The Balaban J connectivity index is 2.92. The maximum atomic E-state index is 11.5. The molecule has 78 valence electrons. The molecule has 0 unspecified atom stereocenters. The zero-order valence-electron chi connectivity index (χ0n) is 8.56. The first-order valence-corrected chi connectivity index (χ1v) is 6.44. The molecule has 0 radical (unpaired) electrons. The van der Waals surface area contributed by atoms with Gasteiger partial charge in [-0.15, -0.1) is 0 Å². The second kappa shape index (κ2) is 3.31. The summed E-state index contributed by atoms with van der Waals surface area (Å²) in [6.07, 6.45) is 1.20. The lowest BCUT2D eigenvalue weighted by molar-refractivity contribution is 0.602. The van der Waals surface area contributed by atoms with E-state index in [0.29, 0.717) is 10.4 Å². The average Bonchev–Trinajstić information content (AvgIpc) is 2.15. The van der Waals surface area contributed by atoms with Crippen LogP contribution < -0.4 is 0 Å². The molecule has 0 atom stereocenters. The fourth-order valence-corrected chi connectivity index (χ4v) is 2.36. The number of aryl methyl sites for hydroxylation is 1. The van der Waals surface area contributed by atoms with Crippen LogP contribution in [0.1, 0.15) is 5.69 Å². The Kier molecular flexibility index (Phi) is 2.23. The Bertz CT molecular complexity index is 618. The molecule has 0 saturated heterocycles. The number of para-hydroxylation sites is 1. The maximum absolute atomic E-state index is 11.5. The van der Waals surface area contributed by atoms with Gasteiger partial charge in [-0.05, 0) is 19.1 Å². The molecule has 0 N–H and O–H groups in total. The molecule has 0 fully saturated rings. The number of hydrogen-bond donors (Lipinski definition) is 0. The third kappa shape index (κ3) is 1.85. The van der Waals surface area contributed by atoms with Crippen molar-refractivity contribution in [2.75, 3.05) is 6.26 Å². The number of benzene rings is 1. The first-order valence-electron chi connectivity index (χ1n) is 4.55. The summed E-state index contributed by atoms with van der Waals surface area (Å²) in [5, 5.41) is 0.850. The fourth-order valence-electron chi connectivity index (χ4n) is 1.52. The van der Waals surface area contributed by atoms with Gasteiger partial charge in [-0.25, -0.2) is 8.42 Å². The van der Waals surface area contributed by atoms with Crippen LogP contribution in [0.25, 0.3) is 10.9 Å². The summed E-state index contributed by atoms with van der Waals surface area (Å²) in [6, 6.07) is 8.93. The lowest BCUT2D eigenvalue weighted by Crippen LogP contribution is -1.99. The average molecular weight is 221 g/mol. The molecule has 0 aliphatic heterocycles. The Morgan fingerprint density at radius 3 is 2.53 bits per heavy atom. The summed E-state index contributed by atoms with van der Waals surface area (Å²) in [5.74, 6) is 0. The molecule has 3 nitrogen and oxygen atoms in total. The first-order chi connectivity index (χ1) is 6.98. The summed E-state index contributed by atoms with van der Waals surface area (Å²) in [4.78, 5) is 4.56. The third-order valence-corrected chi connectivity index (χ3v) is 3.35. The van der Waals surface area contributed by atoms with E-state index in [9.17, 15) is 8.42 Å². The van der Waals surface area contributed by atoms with Gasteiger partial charge < -0.3 is 0 Å². The van der Waals surface area contributed by atoms with Crippen LogP contribution in [0.4, 0.5) is 0 Å². The van der Waals surface area contributed by atoms with Gasteiger partial charge in [-0.1, -0.05) is 18.2 Å². The molecule has 0 aliphatic carbocycles. The van der Waals surface area contributed by atoms with Crippen molar-refractivity contribution in [3.63, 3.8) is 0 Å². The van der Waals surface area contributed by atoms with Crippen molar-refractivity contribution in [3.8, 4) is 0 Å². The second-order valence-electron chi connectivity index (χ2n) is 3.55. The van der Waals surface area contributed by atoms with Gasteiger partial charge in [0.1, 0.15) is 0 Å². The predicted octanol–water partition coefficient (Wildman–Crippen LogP) is 1.95. The Morgan fingerprint density at radius 1 is 1.13 bits per heavy atom. The van der Waals surface area contributed by atoms with Gasteiger partial charge in [0.05, 0.1) is 10.4 Å². The van der Waals surface area contributed by atoms with Gasteiger partial charge in [0, 0.05) is 17.3 Å². The highest BCUT2D eigenvalue weighted by Gasteiger charge is 2.12. The third-order valence-electron chi connectivity index (χ3n) is 2.22. The molecule has 0 aliphatic rings. The summed E-state index contributed by atoms with van der Waals surface area (Å²) < 4.78 is 23.0. The normalized spacial score (nSPS) is 11.9. The Morgan fingerprint density at radius 2 is 1.87 bits per heavy atom. The summed E-state index contributed by atoms with van der Waals surface area (Å²) >= 11 is 0. The smallest absolute Gasteiger partial charge is 0.177 e. The zero-order valence-corrected chi connectivity index (χ0v) is 9.38. The SMILES string of the molecule is Cc1ccc2cccc(S(C)(=O)=O)c2n1. The van der Waals surface area contributed by atoms with Crippen LogP contribution >= 0.6 is 0 Å². The Hall–Kier alpha value is -1.42. The molecule has 0 amide bonds. The van der Waals surface area contributed by atoms with Crippen molar-refractivity contribution in [2.45, 2.75) is 11.8 Å². The highest BCUT2D eigenvalue weighted by Crippen LogP contribution is 2.21. The van der Waals surface area contributed by atoms with E-state index in [-0.39, 0.29) is 0 Å². The number of sulfone groups is 1. The summed E-state index contributed by atoms with van der Waals surface area (Å²) in [6.45, 7) is 1.85. The molecule has 0 saturated carbocycles. The molecular formula is C11H11NO2S. The van der Waals surface area contributed by atoms with E-state index in [4.69, 9.17) is 0 Å². The zero-order chi connectivity index (χ0) is 11.1. The van der Waals surface area contributed by atoms with Gasteiger partial charge in [-0.2, -0.15) is 0 Å². The van der Waals surface area contributed by atoms with Crippen LogP contribution in [-0.2, 0) is 9.84 Å². The van der Waals surface area contributed by atoms with Crippen LogP contribution in [-0.4, -0.2) is 19.7 Å². The molecule has 1 heterocycles. The number of fused-ring (bicyclic) bond motifs is 1. The van der Waals surface area contributed by atoms with Gasteiger partial charge in [0.25, 0.3) is 0 Å². The summed E-state index contributed by atoms with van der Waals surface area (Å²) in [7, 11) is -3.21. The molecule has 2 rings (SSSR count). The van der Waals surface area contributed by atoms with E-state index in [1.165, 1.54) is 6.26 Å². The number of pyridine rings is 1. The van der Waals surface area contributed by atoms with Gasteiger partial charge in [0.2, 0.25) is 0 Å². The number of hydrogen-bond acceptors (Lipinski definition) is 3. The van der Waals surface area contributed by atoms with E-state index >= 15 is 0 Å². The molecule has 1 aromatic carbocycles. The van der Waals surface area contributed by atoms with E-state index < -0.39 is 9.84 Å². The maximum Gasteiger partial charge on any atom is 0.177 e. The highest BCUT2D eigenvalue weighted by molar-refractivity contribution is 7.91. The van der Waals surface area contributed by atoms with Crippen molar-refractivity contribution < 1.29 is 8.42 Å². The van der Waals surface area contributed by atoms with Crippen molar-refractivity contribution in [2.24, 2.45) is 0 Å². The minimum absolute atomic E-state index is 0.295. The van der Waals surface area contributed by atoms with Gasteiger partial charge in [-0.3, -0.25) is 4.98 Å². The fraction of sp³-hybridized carbons (Fsp3) is 0.182. The van der Waals surface area contributed by atoms with Crippen LogP contribution in [0.5, 0.6) is 0 Å². The van der Waals surface area contributed by atoms with Crippen LogP contribution in [0.3, 0.4) is 0 Å². The Labute approximate surface area is 88.7 Å². The van der Waals surface area contributed by atoms with Crippen molar-refractivity contribution in [1.29, 1.82) is 0 Å². The quantitative estimate of drug-likeness (QED) is 0.739. The standard InChI is InChI=1S/C11H11NO2S/c1-8-6-7-9-4-3-5-10(11(9)12-8)15(2,13)14/h3-7H,1-2H3. The summed E-state index contributed by atoms with van der Waals surface area (Å²) in [5.41, 5.74) is 1.37.